The zero-order valence-electron chi connectivity index (χ0n) is 14.3. The van der Waals surface area contributed by atoms with Crippen LogP contribution in [0.1, 0.15) is 29.5 Å². The van der Waals surface area contributed by atoms with Crippen molar-refractivity contribution in [2.24, 2.45) is 5.92 Å². The van der Waals surface area contributed by atoms with Gasteiger partial charge in [-0.2, -0.15) is 0 Å². The molecule has 0 bridgehead atoms. The van der Waals surface area contributed by atoms with Gasteiger partial charge >= 0.3 is 0 Å². The van der Waals surface area contributed by atoms with Gasteiger partial charge in [0.15, 0.2) is 0 Å². The molecule has 2 aliphatic rings. The van der Waals surface area contributed by atoms with Crippen LogP contribution in [0.4, 0.5) is 0 Å². The highest BCUT2D eigenvalue weighted by Crippen LogP contribution is 2.48. The lowest BCUT2D eigenvalue weighted by Gasteiger charge is -2.36. The molecule has 25 heavy (non-hydrogen) atoms. The minimum atomic E-state index is 0.376. The molecule has 0 amide bonds. The van der Waals surface area contributed by atoms with Gasteiger partial charge in [-0.05, 0) is 45.5 Å². The van der Waals surface area contributed by atoms with Gasteiger partial charge in [-0.25, -0.2) is 0 Å². The maximum atomic E-state index is 2.38. The number of fused-ring (bicyclic) bond motifs is 3. The van der Waals surface area contributed by atoms with Crippen LogP contribution in [0.2, 0.25) is 0 Å². The molecule has 0 saturated heterocycles. The van der Waals surface area contributed by atoms with E-state index in [1.807, 2.05) is 0 Å². The fourth-order valence-corrected chi connectivity index (χ4v) is 4.47. The lowest BCUT2D eigenvalue weighted by molar-refractivity contribution is 0.648. The molecule has 2 aliphatic carbocycles. The quantitative estimate of drug-likeness (QED) is 0.480. The molecular formula is C25H20. The average molecular weight is 320 g/mol. The number of hydrogen-bond donors (Lipinski definition) is 0. The Balaban J connectivity index is 1.76. The first-order valence-electron chi connectivity index (χ1n) is 8.96. The first-order valence-corrected chi connectivity index (χ1v) is 8.96. The van der Waals surface area contributed by atoms with Crippen LogP contribution in [0.3, 0.4) is 0 Å². The van der Waals surface area contributed by atoms with E-state index < -0.39 is 0 Å². The highest BCUT2D eigenvalue weighted by atomic mass is 14.4. The van der Waals surface area contributed by atoms with E-state index >= 15 is 0 Å². The van der Waals surface area contributed by atoms with Crippen LogP contribution in [-0.2, 0) is 0 Å². The molecule has 0 nitrogen and oxygen atoms in total. The van der Waals surface area contributed by atoms with Gasteiger partial charge in [0, 0.05) is 11.8 Å². The zero-order chi connectivity index (χ0) is 16.8. The van der Waals surface area contributed by atoms with Crippen molar-refractivity contribution in [2.45, 2.75) is 12.8 Å². The van der Waals surface area contributed by atoms with Crippen molar-refractivity contribution < 1.29 is 0 Å². The molecule has 0 saturated carbocycles. The third-order valence-electron chi connectivity index (χ3n) is 5.69. The number of rotatable bonds is 1. The number of benzene rings is 3. The van der Waals surface area contributed by atoms with Crippen LogP contribution in [0.5, 0.6) is 0 Å². The summed E-state index contributed by atoms with van der Waals surface area (Å²) in [7, 11) is 0. The molecule has 2 atom stereocenters. The summed E-state index contributed by atoms with van der Waals surface area (Å²) in [4.78, 5) is 0. The molecule has 0 heterocycles. The predicted molar refractivity (Wildman–Crippen MR) is 107 cm³/mol. The summed E-state index contributed by atoms with van der Waals surface area (Å²) in [5.41, 5.74) is 7.12. The van der Waals surface area contributed by atoms with Gasteiger partial charge in [0.2, 0.25) is 0 Å². The van der Waals surface area contributed by atoms with E-state index in [9.17, 15) is 0 Å². The Labute approximate surface area is 148 Å². The molecule has 5 rings (SSSR count). The van der Waals surface area contributed by atoms with E-state index in [-0.39, 0.29) is 0 Å². The first kappa shape index (κ1) is 14.5. The Morgan fingerprint density at radius 2 is 1.56 bits per heavy atom. The number of hydrogen-bond acceptors (Lipinski definition) is 0. The monoisotopic (exact) mass is 320 g/mol. The Bertz CT molecular complexity index is 1060. The third-order valence-corrected chi connectivity index (χ3v) is 5.69. The second-order valence-corrected chi connectivity index (χ2v) is 7.02. The normalized spacial score (nSPS) is 21.3. The summed E-state index contributed by atoms with van der Waals surface area (Å²) in [5.74, 6) is 0.793. The van der Waals surface area contributed by atoms with Gasteiger partial charge in [-0.1, -0.05) is 91.0 Å². The maximum Gasteiger partial charge on any atom is 0.0199 e. The molecule has 0 aromatic heterocycles. The minimum absolute atomic E-state index is 0.376. The molecule has 0 spiro atoms. The van der Waals surface area contributed by atoms with E-state index in [1.54, 1.807) is 0 Å². The van der Waals surface area contributed by atoms with Crippen molar-refractivity contribution in [1.29, 1.82) is 0 Å². The second-order valence-electron chi connectivity index (χ2n) is 7.02. The summed E-state index contributed by atoms with van der Waals surface area (Å²) in [6.45, 7) is 2.27. The summed E-state index contributed by atoms with van der Waals surface area (Å²) in [5, 5.41) is 2.63. The highest BCUT2D eigenvalue weighted by molar-refractivity contribution is 5.84. The summed E-state index contributed by atoms with van der Waals surface area (Å²) >= 11 is 0. The topological polar surface area (TPSA) is 0 Å². The average Bonchev–Trinajstić information content (AvgIpc) is 2.68. The minimum Gasteiger partial charge on any atom is -0.0760 e. The molecule has 0 fully saturated rings. The molecule has 2 unspecified atom stereocenters. The number of allylic oxidation sites excluding steroid dienone is 6. The molecule has 0 N–H and O–H groups in total. The molecular weight excluding hydrogens is 300 g/mol. The smallest absolute Gasteiger partial charge is 0.0199 e. The lowest BCUT2D eigenvalue weighted by Crippen LogP contribution is -2.21. The lowest BCUT2D eigenvalue weighted by atomic mass is 9.68. The van der Waals surface area contributed by atoms with Crippen LogP contribution >= 0.6 is 0 Å². The molecule has 120 valence electrons. The van der Waals surface area contributed by atoms with Crippen molar-refractivity contribution in [3.05, 3.63) is 113 Å². The van der Waals surface area contributed by atoms with Crippen molar-refractivity contribution in [2.75, 3.05) is 0 Å². The predicted octanol–water partition coefficient (Wildman–Crippen LogP) is 6.50. The van der Waals surface area contributed by atoms with Crippen molar-refractivity contribution >= 4 is 16.3 Å². The van der Waals surface area contributed by atoms with Crippen LogP contribution in [0.25, 0.3) is 16.3 Å². The van der Waals surface area contributed by atoms with E-state index in [2.05, 4.69) is 98.0 Å². The molecule has 0 heteroatoms. The third kappa shape index (κ3) is 2.21. The van der Waals surface area contributed by atoms with Crippen LogP contribution in [0, 0.1) is 5.92 Å². The van der Waals surface area contributed by atoms with Crippen molar-refractivity contribution in [1.82, 2.24) is 0 Å². The van der Waals surface area contributed by atoms with Crippen LogP contribution < -0.4 is 0 Å². The van der Waals surface area contributed by atoms with Gasteiger partial charge in [0.25, 0.3) is 0 Å². The van der Waals surface area contributed by atoms with Crippen LogP contribution in [0.15, 0.2) is 96.6 Å². The maximum absolute atomic E-state index is 2.38. The van der Waals surface area contributed by atoms with Crippen LogP contribution in [-0.4, -0.2) is 0 Å². The fraction of sp³-hybridized carbons (Fsp3) is 0.120. The highest BCUT2D eigenvalue weighted by Gasteiger charge is 2.33. The van der Waals surface area contributed by atoms with Gasteiger partial charge in [-0.3, -0.25) is 0 Å². The Kier molecular flexibility index (Phi) is 3.24. The van der Waals surface area contributed by atoms with E-state index in [0.717, 1.165) is 0 Å². The van der Waals surface area contributed by atoms with Gasteiger partial charge in [-0.15, -0.1) is 0 Å². The summed E-state index contributed by atoms with van der Waals surface area (Å²) in [6.07, 6.45) is 9.03. The van der Waals surface area contributed by atoms with Gasteiger partial charge < -0.3 is 0 Å². The first-order chi connectivity index (χ1) is 12.3. The van der Waals surface area contributed by atoms with E-state index in [0.29, 0.717) is 11.8 Å². The standard InChI is InChI=1S/C25H20/c1-17-21-10-4-6-12-23(21)25(24-13-7-5-11-22(17)24)20-15-14-18-8-2-3-9-19(18)16-20/h2-16,23,25H,1H3. The van der Waals surface area contributed by atoms with Gasteiger partial charge in [0.05, 0.1) is 0 Å². The summed E-state index contributed by atoms with van der Waals surface area (Å²) < 4.78 is 0. The Hall–Kier alpha value is -2.86. The Morgan fingerprint density at radius 3 is 2.48 bits per heavy atom. The molecule has 3 aromatic carbocycles. The van der Waals surface area contributed by atoms with Gasteiger partial charge in [0.1, 0.15) is 0 Å². The van der Waals surface area contributed by atoms with Crippen molar-refractivity contribution in [3.8, 4) is 0 Å². The second kappa shape index (κ2) is 5.60. The zero-order valence-corrected chi connectivity index (χ0v) is 14.3. The molecule has 3 aromatic rings. The molecule has 0 radical (unpaired) electrons. The SMILES string of the molecule is CC1=C2C=CC=CC2C(c2ccc3ccccc3c2)c2ccccc21. The van der Waals surface area contributed by atoms with E-state index in [1.165, 1.54) is 38.6 Å². The largest absolute Gasteiger partial charge is 0.0760 e. The summed E-state index contributed by atoms with van der Waals surface area (Å²) in [6, 6.07) is 24.5. The fourth-order valence-electron chi connectivity index (χ4n) is 4.47. The van der Waals surface area contributed by atoms with E-state index in [4.69, 9.17) is 0 Å². The van der Waals surface area contributed by atoms with Crippen molar-refractivity contribution in [3.63, 3.8) is 0 Å². The Morgan fingerprint density at radius 1 is 0.760 bits per heavy atom. The molecule has 0 aliphatic heterocycles.